The van der Waals surface area contributed by atoms with Gasteiger partial charge in [-0.3, -0.25) is 0 Å². The maximum absolute atomic E-state index is 5.21. The van der Waals surface area contributed by atoms with E-state index in [0.717, 1.165) is 28.3 Å². The Labute approximate surface area is 146 Å². The molecule has 0 radical (unpaired) electrons. The normalized spacial score (nSPS) is 11.3. The summed E-state index contributed by atoms with van der Waals surface area (Å²) in [7, 11) is 3.31. The summed E-state index contributed by atoms with van der Waals surface area (Å²) in [6.45, 7) is 0. The van der Waals surface area contributed by atoms with Gasteiger partial charge < -0.3 is 9.47 Å². The number of methoxy groups -OCH3 is 2. The monoisotopic (exact) mass is 333 g/mol. The van der Waals surface area contributed by atoms with E-state index in [1.54, 1.807) is 18.9 Å². The first-order chi connectivity index (χ1) is 12.3. The van der Waals surface area contributed by atoms with Crippen molar-refractivity contribution < 1.29 is 9.47 Å². The van der Waals surface area contributed by atoms with Crippen LogP contribution in [0.4, 0.5) is 0 Å². The standard InChI is InChI=1S/C20H19N3O2/c1-24-19-10-7-16(8-11-19)6-9-18-15-23(22-21-18)13-12-17-4-3-5-20(14-17)25-2/h3-15H,1-2H3/b9-6+,13-12+. The van der Waals surface area contributed by atoms with Crippen LogP contribution in [-0.2, 0) is 0 Å². The van der Waals surface area contributed by atoms with E-state index in [4.69, 9.17) is 9.47 Å². The SMILES string of the molecule is COc1ccc(/C=C/c2cn(/C=C/c3cccc(OC)c3)nn2)cc1. The molecule has 0 aliphatic carbocycles. The summed E-state index contributed by atoms with van der Waals surface area (Å²) in [5, 5.41) is 8.23. The second kappa shape index (κ2) is 7.97. The molecule has 0 saturated heterocycles. The summed E-state index contributed by atoms with van der Waals surface area (Å²) in [6, 6.07) is 15.6. The Bertz CT molecular complexity index is 880. The Balaban J connectivity index is 1.67. The van der Waals surface area contributed by atoms with E-state index in [0.29, 0.717) is 0 Å². The fraction of sp³-hybridized carbons (Fsp3) is 0.100. The lowest BCUT2D eigenvalue weighted by atomic mass is 10.2. The molecule has 25 heavy (non-hydrogen) atoms. The molecule has 0 saturated carbocycles. The van der Waals surface area contributed by atoms with Crippen LogP contribution in [0.5, 0.6) is 11.5 Å². The van der Waals surface area contributed by atoms with E-state index in [2.05, 4.69) is 10.3 Å². The maximum atomic E-state index is 5.21. The number of rotatable bonds is 6. The van der Waals surface area contributed by atoms with Crippen LogP contribution in [0.1, 0.15) is 16.8 Å². The number of hydrogen-bond acceptors (Lipinski definition) is 4. The minimum Gasteiger partial charge on any atom is -0.497 e. The molecular weight excluding hydrogens is 314 g/mol. The highest BCUT2D eigenvalue weighted by atomic mass is 16.5. The molecule has 3 aromatic rings. The molecule has 0 atom stereocenters. The molecule has 126 valence electrons. The van der Waals surface area contributed by atoms with Crippen molar-refractivity contribution in [3.8, 4) is 11.5 Å². The predicted octanol–water partition coefficient (Wildman–Crippen LogP) is 4.09. The summed E-state index contributed by atoms with van der Waals surface area (Å²) in [4.78, 5) is 0. The van der Waals surface area contributed by atoms with Crippen LogP contribution in [0.3, 0.4) is 0 Å². The molecule has 0 N–H and O–H groups in total. The van der Waals surface area contributed by atoms with Gasteiger partial charge in [-0.2, -0.15) is 0 Å². The lowest BCUT2D eigenvalue weighted by Crippen LogP contribution is -1.86. The smallest absolute Gasteiger partial charge is 0.119 e. The molecule has 0 aliphatic rings. The molecular formula is C20H19N3O2. The Morgan fingerprint density at radius 1 is 0.840 bits per heavy atom. The van der Waals surface area contributed by atoms with Crippen LogP contribution >= 0.6 is 0 Å². The summed E-state index contributed by atoms with van der Waals surface area (Å²) >= 11 is 0. The van der Waals surface area contributed by atoms with E-state index in [1.807, 2.05) is 79.2 Å². The van der Waals surface area contributed by atoms with E-state index in [1.165, 1.54) is 0 Å². The van der Waals surface area contributed by atoms with Gasteiger partial charge in [-0.1, -0.05) is 35.6 Å². The molecule has 3 rings (SSSR count). The van der Waals surface area contributed by atoms with Gasteiger partial charge in [0, 0.05) is 6.20 Å². The molecule has 0 spiro atoms. The first-order valence-corrected chi connectivity index (χ1v) is 7.83. The molecule has 0 aliphatic heterocycles. The molecule has 1 aromatic heterocycles. The average Bonchev–Trinajstić information content (AvgIpc) is 3.13. The minimum atomic E-state index is 0.783. The topological polar surface area (TPSA) is 49.2 Å². The van der Waals surface area contributed by atoms with E-state index in [9.17, 15) is 0 Å². The quantitative estimate of drug-likeness (QED) is 0.681. The maximum Gasteiger partial charge on any atom is 0.119 e. The van der Waals surface area contributed by atoms with Gasteiger partial charge >= 0.3 is 0 Å². The van der Waals surface area contributed by atoms with Crippen molar-refractivity contribution in [3.63, 3.8) is 0 Å². The fourth-order valence-electron chi connectivity index (χ4n) is 2.24. The first-order valence-electron chi connectivity index (χ1n) is 7.83. The molecule has 0 fully saturated rings. The zero-order chi connectivity index (χ0) is 17.5. The van der Waals surface area contributed by atoms with Crippen molar-refractivity contribution in [1.29, 1.82) is 0 Å². The number of benzene rings is 2. The molecule has 1 heterocycles. The van der Waals surface area contributed by atoms with Gasteiger partial charge in [-0.25, -0.2) is 4.68 Å². The van der Waals surface area contributed by atoms with Crippen molar-refractivity contribution in [2.24, 2.45) is 0 Å². The average molecular weight is 333 g/mol. The Morgan fingerprint density at radius 2 is 1.64 bits per heavy atom. The molecule has 0 amide bonds. The predicted molar refractivity (Wildman–Crippen MR) is 100 cm³/mol. The van der Waals surface area contributed by atoms with Crippen LogP contribution in [-0.4, -0.2) is 29.2 Å². The fourth-order valence-corrected chi connectivity index (χ4v) is 2.24. The van der Waals surface area contributed by atoms with Crippen LogP contribution in [0.15, 0.2) is 54.7 Å². The third-order valence-corrected chi connectivity index (χ3v) is 3.60. The molecule has 5 heteroatoms. The molecule has 0 unspecified atom stereocenters. The van der Waals surface area contributed by atoms with Gasteiger partial charge in [0.25, 0.3) is 0 Å². The number of hydrogen-bond donors (Lipinski definition) is 0. The third-order valence-electron chi connectivity index (χ3n) is 3.60. The number of nitrogens with zero attached hydrogens (tertiary/aromatic N) is 3. The van der Waals surface area contributed by atoms with Crippen molar-refractivity contribution in [2.45, 2.75) is 0 Å². The number of ether oxygens (including phenoxy) is 2. The van der Waals surface area contributed by atoms with Gasteiger partial charge in [0.1, 0.15) is 17.2 Å². The van der Waals surface area contributed by atoms with E-state index in [-0.39, 0.29) is 0 Å². The summed E-state index contributed by atoms with van der Waals surface area (Å²) in [6.07, 6.45) is 9.57. The largest absolute Gasteiger partial charge is 0.497 e. The lowest BCUT2D eigenvalue weighted by molar-refractivity contribution is 0.414. The van der Waals surface area contributed by atoms with Crippen molar-refractivity contribution in [2.75, 3.05) is 14.2 Å². The van der Waals surface area contributed by atoms with Crippen LogP contribution < -0.4 is 9.47 Å². The highest BCUT2D eigenvalue weighted by Gasteiger charge is 1.96. The van der Waals surface area contributed by atoms with Gasteiger partial charge in [0.2, 0.25) is 0 Å². The molecule has 2 aromatic carbocycles. The van der Waals surface area contributed by atoms with Crippen LogP contribution in [0.25, 0.3) is 24.4 Å². The zero-order valence-electron chi connectivity index (χ0n) is 14.2. The minimum absolute atomic E-state index is 0.783. The third kappa shape index (κ3) is 4.57. The van der Waals surface area contributed by atoms with Gasteiger partial charge in [0.15, 0.2) is 0 Å². The lowest BCUT2D eigenvalue weighted by Gasteiger charge is -1.99. The summed E-state index contributed by atoms with van der Waals surface area (Å²) in [5.74, 6) is 1.66. The van der Waals surface area contributed by atoms with Gasteiger partial charge in [0.05, 0.1) is 20.4 Å². The van der Waals surface area contributed by atoms with Crippen LogP contribution in [0, 0.1) is 0 Å². The highest BCUT2D eigenvalue weighted by Crippen LogP contribution is 2.15. The highest BCUT2D eigenvalue weighted by molar-refractivity contribution is 5.68. The Hall–Kier alpha value is -3.34. The van der Waals surface area contributed by atoms with Gasteiger partial charge in [-0.15, -0.1) is 5.10 Å². The summed E-state index contributed by atoms with van der Waals surface area (Å²) in [5.41, 5.74) is 2.89. The second-order valence-electron chi connectivity index (χ2n) is 5.32. The van der Waals surface area contributed by atoms with Crippen molar-refractivity contribution >= 4 is 24.4 Å². The van der Waals surface area contributed by atoms with Crippen molar-refractivity contribution in [1.82, 2.24) is 15.0 Å². The van der Waals surface area contributed by atoms with Gasteiger partial charge in [-0.05, 0) is 47.5 Å². The number of aromatic nitrogens is 3. The van der Waals surface area contributed by atoms with E-state index >= 15 is 0 Å². The van der Waals surface area contributed by atoms with Crippen molar-refractivity contribution in [3.05, 3.63) is 71.5 Å². The Kier molecular flexibility index (Phi) is 5.26. The molecule has 0 bridgehead atoms. The van der Waals surface area contributed by atoms with Crippen LogP contribution in [0.2, 0.25) is 0 Å². The Morgan fingerprint density at radius 3 is 2.40 bits per heavy atom. The first kappa shape index (κ1) is 16.5. The zero-order valence-corrected chi connectivity index (χ0v) is 14.2. The molecule has 5 nitrogen and oxygen atoms in total. The second-order valence-corrected chi connectivity index (χ2v) is 5.32. The summed E-state index contributed by atoms with van der Waals surface area (Å²) < 4.78 is 12.0. The van der Waals surface area contributed by atoms with E-state index < -0.39 is 0 Å².